The Morgan fingerprint density at radius 3 is 2.86 bits per heavy atom. The Labute approximate surface area is 120 Å². The van der Waals surface area contributed by atoms with Crippen LogP contribution in [0, 0.1) is 5.92 Å². The van der Waals surface area contributed by atoms with E-state index in [9.17, 15) is 9.59 Å². The van der Waals surface area contributed by atoms with Gasteiger partial charge in [0, 0.05) is 31.7 Å². The van der Waals surface area contributed by atoms with E-state index in [2.05, 4.69) is 10.1 Å². The van der Waals surface area contributed by atoms with E-state index in [-0.39, 0.29) is 12.5 Å². The van der Waals surface area contributed by atoms with Gasteiger partial charge in [0.15, 0.2) is 0 Å². The average Bonchev–Trinajstić information content (AvgIpc) is 3.18. The van der Waals surface area contributed by atoms with Crippen LogP contribution in [0.4, 0.5) is 0 Å². The second-order valence-corrected chi connectivity index (χ2v) is 4.92. The molecule has 0 radical (unpaired) electrons. The van der Waals surface area contributed by atoms with E-state index < -0.39 is 11.9 Å². The molecule has 2 aromatic rings. The van der Waals surface area contributed by atoms with Crippen molar-refractivity contribution in [3.8, 4) is 5.69 Å². The van der Waals surface area contributed by atoms with E-state index in [0.717, 1.165) is 5.69 Å². The topological polar surface area (TPSA) is 88.3 Å². The predicted octanol–water partition coefficient (Wildman–Crippen LogP) is 0.814. The summed E-state index contributed by atoms with van der Waals surface area (Å²) < 4.78 is 1.64. The van der Waals surface area contributed by atoms with Crippen molar-refractivity contribution in [1.29, 1.82) is 0 Å². The Kier molecular flexibility index (Phi) is 3.39. The highest BCUT2D eigenvalue weighted by atomic mass is 16.4. The second-order valence-electron chi connectivity index (χ2n) is 4.92. The fourth-order valence-electron chi connectivity index (χ4n) is 2.41. The molecule has 1 saturated heterocycles. The third-order valence-corrected chi connectivity index (χ3v) is 3.56. The number of hydrogen-bond donors (Lipinski definition) is 1. The number of likely N-dealkylation sites (tertiary alicyclic amines) is 1. The molecule has 7 heteroatoms. The number of carbonyl (C=O) groups excluding carboxylic acids is 1. The number of pyridine rings is 1. The van der Waals surface area contributed by atoms with Gasteiger partial charge in [-0.1, -0.05) is 0 Å². The van der Waals surface area contributed by atoms with Gasteiger partial charge >= 0.3 is 5.97 Å². The standard InChI is InChI=1S/C14H14N4O3/c19-13(17-7-3-10(9-17)14(20)21)12-8-11(2-5-15-12)18-6-1-4-16-18/h1-2,4-6,8,10H,3,7,9H2,(H,20,21)/t10-/m0/s1. The zero-order valence-electron chi connectivity index (χ0n) is 11.2. The lowest BCUT2D eigenvalue weighted by atomic mass is 10.1. The summed E-state index contributed by atoms with van der Waals surface area (Å²) in [5.74, 6) is -1.58. The third kappa shape index (κ3) is 2.62. The fourth-order valence-corrected chi connectivity index (χ4v) is 2.41. The first-order chi connectivity index (χ1) is 10.1. The monoisotopic (exact) mass is 286 g/mol. The molecule has 108 valence electrons. The van der Waals surface area contributed by atoms with Crippen LogP contribution in [-0.2, 0) is 4.79 Å². The van der Waals surface area contributed by atoms with Crippen LogP contribution in [0.1, 0.15) is 16.9 Å². The minimum atomic E-state index is -0.858. The second kappa shape index (κ2) is 5.35. The minimum Gasteiger partial charge on any atom is -0.481 e. The molecule has 2 aromatic heterocycles. The molecule has 7 nitrogen and oxygen atoms in total. The van der Waals surface area contributed by atoms with Crippen molar-refractivity contribution in [3.63, 3.8) is 0 Å². The fraction of sp³-hybridized carbons (Fsp3) is 0.286. The van der Waals surface area contributed by atoms with Gasteiger partial charge < -0.3 is 10.0 Å². The average molecular weight is 286 g/mol. The van der Waals surface area contributed by atoms with Crippen LogP contribution in [0.25, 0.3) is 5.69 Å². The van der Waals surface area contributed by atoms with E-state index >= 15 is 0 Å². The molecule has 0 bridgehead atoms. The molecule has 0 aliphatic carbocycles. The molecule has 1 aliphatic heterocycles. The van der Waals surface area contributed by atoms with E-state index in [1.54, 1.807) is 41.5 Å². The normalized spacial score (nSPS) is 17.9. The van der Waals surface area contributed by atoms with Crippen molar-refractivity contribution in [2.45, 2.75) is 6.42 Å². The van der Waals surface area contributed by atoms with Crippen molar-refractivity contribution >= 4 is 11.9 Å². The largest absolute Gasteiger partial charge is 0.481 e. The van der Waals surface area contributed by atoms with Crippen molar-refractivity contribution < 1.29 is 14.7 Å². The molecule has 3 heterocycles. The molecule has 1 amide bonds. The first-order valence-electron chi connectivity index (χ1n) is 6.63. The van der Waals surface area contributed by atoms with Crippen molar-refractivity contribution in [1.82, 2.24) is 19.7 Å². The SMILES string of the molecule is O=C(O)[C@H]1CCN(C(=O)c2cc(-n3cccn3)ccn2)C1. The number of aliphatic carboxylic acids is 1. The van der Waals surface area contributed by atoms with Crippen LogP contribution in [0.15, 0.2) is 36.8 Å². The van der Waals surface area contributed by atoms with Crippen molar-refractivity contribution in [3.05, 3.63) is 42.5 Å². The van der Waals surface area contributed by atoms with Gasteiger partial charge in [0.05, 0.1) is 11.6 Å². The van der Waals surface area contributed by atoms with Crippen LogP contribution >= 0.6 is 0 Å². The zero-order valence-corrected chi connectivity index (χ0v) is 11.2. The highest BCUT2D eigenvalue weighted by molar-refractivity contribution is 5.93. The smallest absolute Gasteiger partial charge is 0.308 e. The molecule has 0 unspecified atom stereocenters. The predicted molar refractivity (Wildman–Crippen MR) is 73.0 cm³/mol. The number of aromatic nitrogens is 3. The Morgan fingerprint density at radius 1 is 1.33 bits per heavy atom. The summed E-state index contributed by atoms with van der Waals surface area (Å²) in [6, 6.07) is 5.21. The van der Waals surface area contributed by atoms with Gasteiger partial charge in [-0.3, -0.25) is 14.6 Å². The Hall–Kier alpha value is -2.70. The Bertz CT molecular complexity index is 669. The van der Waals surface area contributed by atoms with E-state index in [1.807, 2.05) is 0 Å². The molecule has 0 aromatic carbocycles. The molecule has 1 N–H and O–H groups in total. The number of amides is 1. The molecule has 1 atom stereocenters. The molecular formula is C14H14N4O3. The Morgan fingerprint density at radius 2 is 2.19 bits per heavy atom. The van der Waals surface area contributed by atoms with Gasteiger partial charge in [-0.25, -0.2) is 4.68 Å². The number of carboxylic acids is 1. The molecule has 0 spiro atoms. The van der Waals surface area contributed by atoms with Crippen LogP contribution in [0.3, 0.4) is 0 Å². The van der Waals surface area contributed by atoms with E-state index in [1.165, 1.54) is 4.90 Å². The Balaban J connectivity index is 1.80. The molecular weight excluding hydrogens is 272 g/mol. The molecule has 21 heavy (non-hydrogen) atoms. The summed E-state index contributed by atoms with van der Waals surface area (Å²) >= 11 is 0. The number of nitrogens with zero attached hydrogens (tertiary/aromatic N) is 4. The molecule has 1 fully saturated rings. The lowest BCUT2D eigenvalue weighted by Gasteiger charge is -2.15. The highest BCUT2D eigenvalue weighted by Crippen LogP contribution is 2.19. The summed E-state index contributed by atoms with van der Waals surface area (Å²) in [4.78, 5) is 28.9. The lowest BCUT2D eigenvalue weighted by molar-refractivity contribution is -0.141. The van der Waals surface area contributed by atoms with Crippen LogP contribution in [0.2, 0.25) is 0 Å². The van der Waals surface area contributed by atoms with E-state index in [4.69, 9.17) is 5.11 Å². The number of carboxylic acid groups (broad SMARTS) is 1. The molecule has 1 aliphatic rings. The quantitative estimate of drug-likeness (QED) is 0.902. The van der Waals surface area contributed by atoms with Crippen molar-refractivity contribution in [2.24, 2.45) is 5.92 Å². The number of carbonyl (C=O) groups is 2. The maximum Gasteiger partial charge on any atom is 0.308 e. The summed E-state index contributed by atoms with van der Waals surface area (Å²) in [5.41, 5.74) is 1.04. The van der Waals surface area contributed by atoms with Gasteiger partial charge in [-0.15, -0.1) is 0 Å². The maximum atomic E-state index is 12.4. The lowest BCUT2D eigenvalue weighted by Crippen LogP contribution is -2.30. The number of rotatable bonds is 3. The number of hydrogen-bond acceptors (Lipinski definition) is 4. The van der Waals surface area contributed by atoms with Gasteiger partial charge in [-0.05, 0) is 24.6 Å². The summed E-state index contributed by atoms with van der Waals surface area (Å²) in [7, 11) is 0. The first-order valence-corrected chi connectivity index (χ1v) is 6.63. The maximum absolute atomic E-state index is 12.4. The summed E-state index contributed by atoms with van der Waals surface area (Å²) in [5, 5.41) is 13.1. The van der Waals surface area contributed by atoms with Gasteiger partial charge in [0.25, 0.3) is 5.91 Å². The highest BCUT2D eigenvalue weighted by Gasteiger charge is 2.31. The van der Waals surface area contributed by atoms with Gasteiger partial charge in [0.1, 0.15) is 5.69 Å². The van der Waals surface area contributed by atoms with E-state index in [0.29, 0.717) is 18.7 Å². The van der Waals surface area contributed by atoms with Crippen molar-refractivity contribution in [2.75, 3.05) is 13.1 Å². The minimum absolute atomic E-state index is 0.238. The molecule has 3 rings (SSSR count). The summed E-state index contributed by atoms with van der Waals surface area (Å²) in [6.45, 7) is 0.686. The third-order valence-electron chi connectivity index (χ3n) is 3.56. The first kappa shape index (κ1) is 13.3. The van der Waals surface area contributed by atoms with Gasteiger partial charge in [-0.2, -0.15) is 5.10 Å². The molecule has 0 saturated carbocycles. The summed E-state index contributed by atoms with van der Waals surface area (Å²) in [6.07, 6.45) is 5.47. The van der Waals surface area contributed by atoms with Crippen LogP contribution < -0.4 is 0 Å². The van der Waals surface area contributed by atoms with Crippen LogP contribution in [-0.4, -0.2) is 49.7 Å². The van der Waals surface area contributed by atoms with Gasteiger partial charge in [0.2, 0.25) is 0 Å². The van der Waals surface area contributed by atoms with Crippen LogP contribution in [0.5, 0.6) is 0 Å². The zero-order chi connectivity index (χ0) is 14.8.